The van der Waals surface area contributed by atoms with Crippen molar-refractivity contribution in [2.75, 3.05) is 25.0 Å². The average Bonchev–Trinajstić information content (AvgIpc) is 2.54. The maximum Gasteiger partial charge on any atom is 0.238 e. The molecule has 1 aromatic carbocycles. The predicted molar refractivity (Wildman–Crippen MR) is 102 cm³/mol. The van der Waals surface area contributed by atoms with Gasteiger partial charge in [-0.05, 0) is 56.8 Å². The standard InChI is InChI=1S/C20H31N3O2/c1-14(2)16-7-5-9-18(11-16)22-19(24)13-23-10-6-8-17(12-23)20(25)21-15(3)4/h5,7,9,11,14-15,17H,6,8,10,12-13H2,1-4H3,(H,21,25)(H,22,24)/t17-/m0/s1. The number of hydrogen-bond donors (Lipinski definition) is 2. The number of carbonyl (C=O) groups is 2. The monoisotopic (exact) mass is 345 g/mol. The Morgan fingerprint density at radius 1 is 1.24 bits per heavy atom. The normalized spacial score (nSPS) is 18.4. The van der Waals surface area contributed by atoms with Gasteiger partial charge in [0.1, 0.15) is 0 Å². The number of rotatable bonds is 6. The number of amides is 2. The molecule has 5 heteroatoms. The van der Waals surface area contributed by atoms with E-state index in [2.05, 4.69) is 35.4 Å². The molecule has 5 nitrogen and oxygen atoms in total. The van der Waals surface area contributed by atoms with Crippen molar-refractivity contribution in [1.82, 2.24) is 10.2 Å². The van der Waals surface area contributed by atoms with Crippen molar-refractivity contribution in [2.24, 2.45) is 5.92 Å². The van der Waals surface area contributed by atoms with Crippen molar-refractivity contribution in [3.05, 3.63) is 29.8 Å². The second kappa shape index (κ2) is 8.99. The summed E-state index contributed by atoms with van der Waals surface area (Å²) in [5, 5.41) is 5.96. The molecule has 0 radical (unpaired) electrons. The first-order chi connectivity index (χ1) is 11.8. The Bertz CT molecular complexity index is 598. The SMILES string of the molecule is CC(C)NC(=O)[C@H]1CCCN(CC(=O)Nc2cccc(C(C)C)c2)C1. The van der Waals surface area contributed by atoms with Crippen molar-refractivity contribution in [3.63, 3.8) is 0 Å². The van der Waals surface area contributed by atoms with Gasteiger partial charge in [-0.15, -0.1) is 0 Å². The Kier molecular flexibility index (Phi) is 7.00. The van der Waals surface area contributed by atoms with Crippen LogP contribution in [0.2, 0.25) is 0 Å². The van der Waals surface area contributed by atoms with E-state index in [0.29, 0.717) is 19.0 Å². The van der Waals surface area contributed by atoms with E-state index in [1.807, 2.05) is 32.0 Å². The van der Waals surface area contributed by atoms with Gasteiger partial charge in [0.25, 0.3) is 0 Å². The van der Waals surface area contributed by atoms with Gasteiger partial charge in [0.2, 0.25) is 11.8 Å². The lowest BCUT2D eigenvalue weighted by Crippen LogP contribution is -2.46. The van der Waals surface area contributed by atoms with Crippen LogP contribution in [0.25, 0.3) is 0 Å². The molecular formula is C20H31N3O2. The fraction of sp³-hybridized carbons (Fsp3) is 0.600. The van der Waals surface area contributed by atoms with Crippen LogP contribution in [0.1, 0.15) is 52.0 Å². The lowest BCUT2D eigenvalue weighted by molar-refractivity contribution is -0.128. The number of benzene rings is 1. The van der Waals surface area contributed by atoms with E-state index in [1.165, 1.54) is 5.56 Å². The van der Waals surface area contributed by atoms with Crippen LogP contribution in [0.3, 0.4) is 0 Å². The molecule has 1 aliphatic heterocycles. The summed E-state index contributed by atoms with van der Waals surface area (Å²) in [6, 6.07) is 8.14. The summed E-state index contributed by atoms with van der Waals surface area (Å²) in [6.07, 6.45) is 1.85. The van der Waals surface area contributed by atoms with Crippen molar-refractivity contribution >= 4 is 17.5 Å². The van der Waals surface area contributed by atoms with E-state index in [0.717, 1.165) is 25.1 Å². The largest absolute Gasteiger partial charge is 0.354 e. The molecule has 0 unspecified atom stereocenters. The Balaban J connectivity index is 1.87. The van der Waals surface area contributed by atoms with E-state index in [-0.39, 0.29) is 23.8 Å². The molecule has 2 N–H and O–H groups in total. The first-order valence-corrected chi connectivity index (χ1v) is 9.27. The number of hydrogen-bond acceptors (Lipinski definition) is 3. The fourth-order valence-electron chi connectivity index (χ4n) is 3.19. The molecule has 1 saturated heterocycles. The number of carbonyl (C=O) groups excluding carboxylic acids is 2. The highest BCUT2D eigenvalue weighted by Crippen LogP contribution is 2.19. The van der Waals surface area contributed by atoms with Crippen molar-refractivity contribution in [2.45, 2.75) is 52.5 Å². The van der Waals surface area contributed by atoms with Gasteiger partial charge in [-0.25, -0.2) is 0 Å². The first-order valence-electron chi connectivity index (χ1n) is 9.27. The van der Waals surface area contributed by atoms with Crippen molar-refractivity contribution in [1.29, 1.82) is 0 Å². The number of nitrogens with zero attached hydrogens (tertiary/aromatic N) is 1. The molecule has 1 atom stereocenters. The second-order valence-corrected chi connectivity index (χ2v) is 7.57. The lowest BCUT2D eigenvalue weighted by Gasteiger charge is -2.31. The third-order valence-corrected chi connectivity index (χ3v) is 4.51. The maximum absolute atomic E-state index is 12.4. The van der Waals surface area contributed by atoms with Gasteiger partial charge in [0.05, 0.1) is 12.5 Å². The van der Waals surface area contributed by atoms with Crippen LogP contribution >= 0.6 is 0 Å². The molecule has 0 bridgehead atoms. The number of piperidine rings is 1. The Labute approximate surface area is 151 Å². The molecule has 1 aromatic rings. The zero-order chi connectivity index (χ0) is 18.4. The summed E-state index contributed by atoms with van der Waals surface area (Å²) >= 11 is 0. The van der Waals surface area contributed by atoms with Gasteiger partial charge in [0, 0.05) is 18.3 Å². The molecule has 0 spiro atoms. The summed E-state index contributed by atoms with van der Waals surface area (Å²) in [5.41, 5.74) is 2.04. The molecule has 1 aliphatic rings. The molecule has 0 aromatic heterocycles. The topological polar surface area (TPSA) is 61.4 Å². The van der Waals surface area contributed by atoms with Gasteiger partial charge < -0.3 is 10.6 Å². The van der Waals surface area contributed by atoms with Crippen molar-refractivity contribution < 1.29 is 9.59 Å². The minimum Gasteiger partial charge on any atom is -0.354 e. The molecule has 25 heavy (non-hydrogen) atoms. The molecule has 0 saturated carbocycles. The third-order valence-electron chi connectivity index (χ3n) is 4.51. The van der Waals surface area contributed by atoms with Gasteiger partial charge in [-0.3, -0.25) is 14.5 Å². The highest BCUT2D eigenvalue weighted by atomic mass is 16.2. The van der Waals surface area contributed by atoms with Gasteiger partial charge >= 0.3 is 0 Å². The van der Waals surface area contributed by atoms with E-state index >= 15 is 0 Å². The van der Waals surface area contributed by atoms with E-state index in [4.69, 9.17) is 0 Å². The summed E-state index contributed by atoms with van der Waals surface area (Å²) < 4.78 is 0. The summed E-state index contributed by atoms with van der Waals surface area (Å²) in [6.45, 7) is 10.1. The van der Waals surface area contributed by atoms with Crippen LogP contribution < -0.4 is 10.6 Å². The summed E-state index contributed by atoms with van der Waals surface area (Å²) in [5.74, 6) is 0.489. The third kappa shape index (κ3) is 6.16. The van der Waals surface area contributed by atoms with Crippen LogP contribution in [0, 0.1) is 5.92 Å². The van der Waals surface area contributed by atoms with Crippen molar-refractivity contribution in [3.8, 4) is 0 Å². The lowest BCUT2D eigenvalue weighted by atomic mass is 9.97. The molecule has 1 heterocycles. The maximum atomic E-state index is 12.4. The Hall–Kier alpha value is -1.88. The number of nitrogens with one attached hydrogen (secondary N) is 2. The van der Waals surface area contributed by atoms with Gasteiger partial charge in [0.15, 0.2) is 0 Å². The molecule has 2 amide bonds. The molecule has 1 fully saturated rings. The highest BCUT2D eigenvalue weighted by molar-refractivity contribution is 5.92. The molecule has 138 valence electrons. The Morgan fingerprint density at radius 3 is 2.68 bits per heavy atom. The summed E-state index contributed by atoms with van der Waals surface area (Å²) in [7, 11) is 0. The first kappa shape index (κ1) is 19.4. The quantitative estimate of drug-likeness (QED) is 0.833. The average molecular weight is 345 g/mol. The molecular weight excluding hydrogens is 314 g/mol. The van der Waals surface area contributed by atoms with Crippen LogP contribution in [-0.4, -0.2) is 42.4 Å². The van der Waals surface area contributed by atoms with Crippen LogP contribution in [0.4, 0.5) is 5.69 Å². The van der Waals surface area contributed by atoms with E-state index in [1.54, 1.807) is 0 Å². The highest BCUT2D eigenvalue weighted by Gasteiger charge is 2.27. The minimum atomic E-state index is -0.0224. The van der Waals surface area contributed by atoms with Crippen LogP contribution in [-0.2, 0) is 9.59 Å². The molecule has 2 rings (SSSR count). The van der Waals surface area contributed by atoms with Crippen LogP contribution in [0.5, 0.6) is 0 Å². The predicted octanol–water partition coefficient (Wildman–Crippen LogP) is 2.99. The smallest absolute Gasteiger partial charge is 0.238 e. The zero-order valence-electron chi connectivity index (χ0n) is 15.8. The number of likely N-dealkylation sites (tertiary alicyclic amines) is 1. The van der Waals surface area contributed by atoms with Gasteiger partial charge in [-0.2, -0.15) is 0 Å². The second-order valence-electron chi connectivity index (χ2n) is 7.57. The summed E-state index contributed by atoms with van der Waals surface area (Å²) in [4.78, 5) is 26.6. The molecule has 0 aliphatic carbocycles. The van der Waals surface area contributed by atoms with Gasteiger partial charge in [-0.1, -0.05) is 26.0 Å². The van der Waals surface area contributed by atoms with E-state index in [9.17, 15) is 9.59 Å². The Morgan fingerprint density at radius 2 is 2.00 bits per heavy atom. The minimum absolute atomic E-state index is 0.0202. The zero-order valence-corrected chi connectivity index (χ0v) is 15.8. The van der Waals surface area contributed by atoms with E-state index < -0.39 is 0 Å². The fourth-order valence-corrected chi connectivity index (χ4v) is 3.19. The van der Waals surface area contributed by atoms with Crippen LogP contribution in [0.15, 0.2) is 24.3 Å². The number of anilines is 1.